The Hall–Kier alpha value is -2.11. The quantitative estimate of drug-likeness (QED) is 0.815. The van der Waals surface area contributed by atoms with Crippen LogP contribution in [0.5, 0.6) is 5.75 Å². The molecule has 16 heavy (non-hydrogen) atoms. The summed E-state index contributed by atoms with van der Waals surface area (Å²) < 4.78 is 31.4. The summed E-state index contributed by atoms with van der Waals surface area (Å²) in [5, 5.41) is 0.147. The molecule has 0 spiro atoms. The zero-order valence-electron chi connectivity index (χ0n) is 8.30. The number of carbonyl (C=O) groups is 1. The third kappa shape index (κ3) is 1.39. The van der Waals surface area contributed by atoms with Crippen LogP contribution in [0.2, 0.25) is 0 Å². The molecule has 6 heteroatoms. The number of ether oxygens (including phenoxy) is 1. The Kier molecular flexibility index (Phi) is 2.26. The highest BCUT2D eigenvalue weighted by molar-refractivity contribution is 5.99. The van der Waals surface area contributed by atoms with E-state index >= 15 is 0 Å². The first-order chi connectivity index (χ1) is 7.54. The number of rotatable bonds is 2. The van der Waals surface area contributed by atoms with Crippen molar-refractivity contribution < 1.29 is 18.3 Å². The number of nitrogens with one attached hydrogen (secondary N) is 1. The van der Waals surface area contributed by atoms with E-state index in [1.54, 1.807) is 0 Å². The van der Waals surface area contributed by atoms with Gasteiger partial charge >= 0.3 is 0 Å². The number of methoxy groups -OCH3 is 1. The van der Waals surface area contributed by atoms with Gasteiger partial charge in [-0.05, 0) is 6.07 Å². The van der Waals surface area contributed by atoms with E-state index in [1.165, 1.54) is 13.2 Å². The maximum absolute atomic E-state index is 13.4. The number of amides is 1. The van der Waals surface area contributed by atoms with Crippen LogP contribution in [0, 0.1) is 11.6 Å². The van der Waals surface area contributed by atoms with Gasteiger partial charge in [-0.2, -0.15) is 0 Å². The molecule has 0 saturated carbocycles. The molecule has 3 N–H and O–H groups in total. The molecular weight excluding hydrogens is 218 g/mol. The van der Waals surface area contributed by atoms with Gasteiger partial charge < -0.3 is 15.5 Å². The van der Waals surface area contributed by atoms with E-state index in [2.05, 4.69) is 4.98 Å². The van der Waals surface area contributed by atoms with Crippen LogP contribution in [0.15, 0.2) is 12.1 Å². The van der Waals surface area contributed by atoms with E-state index in [-0.39, 0.29) is 22.3 Å². The highest BCUT2D eigenvalue weighted by Crippen LogP contribution is 2.31. The van der Waals surface area contributed by atoms with Gasteiger partial charge in [0.05, 0.1) is 12.6 Å². The van der Waals surface area contributed by atoms with Crippen molar-refractivity contribution in [1.82, 2.24) is 4.98 Å². The summed E-state index contributed by atoms with van der Waals surface area (Å²) in [5.41, 5.74) is 5.02. The fraction of sp³-hybridized carbons (Fsp3) is 0.100. The number of hydrogen-bond acceptors (Lipinski definition) is 2. The van der Waals surface area contributed by atoms with E-state index in [0.29, 0.717) is 6.07 Å². The van der Waals surface area contributed by atoms with Crippen molar-refractivity contribution in [3.05, 3.63) is 29.5 Å². The van der Waals surface area contributed by atoms with Gasteiger partial charge in [-0.1, -0.05) is 0 Å². The zero-order chi connectivity index (χ0) is 11.9. The summed E-state index contributed by atoms with van der Waals surface area (Å²) in [5.74, 6) is -2.51. The minimum Gasteiger partial charge on any atom is -0.493 e. The zero-order valence-corrected chi connectivity index (χ0v) is 8.30. The average molecular weight is 226 g/mol. The fourth-order valence-electron chi connectivity index (χ4n) is 1.54. The molecule has 84 valence electrons. The van der Waals surface area contributed by atoms with Crippen molar-refractivity contribution >= 4 is 16.8 Å². The molecular formula is C10H8F2N2O2. The lowest BCUT2D eigenvalue weighted by molar-refractivity contribution is 0.0996. The second-order valence-electron chi connectivity index (χ2n) is 3.21. The van der Waals surface area contributed by atoms with Crippen LogP contribution in [-0.4, -0.2) is 18.0 Å². The van der Waals surface area contributed by atoms with Crippen LogP contribution in [0.1, 0.15) is 10.5 Å². The second kappa shape index (κ2) is 3.48. The standard InChI is InChI=1S/C10H8F2N2O2/c1-16-9-4-2-7(10(13)15)14-8(4)5(11)3-6(9)12/h2-3,14H,1H3,(H2,13,15). The Labute approximate surface area is 89.0 Å². The van der Waals surface area contributed by atoms with Gasteiger partial charge in [0.2, 0.25) is 0 Å². The smallest absolute Gasteiger partial charge is 0.265 e. The molecule has 0 unspecified atom stereocenters. The normalized spacial score (nSPS) is 10.7. The lowest BCUT2D eigenvalue weighted by Crippen LogP contribution is -2.10. The molecule has 2 aromatic rings. The monoisotopic (exact) mass is 226 g/mol. The molecule has 0 atom stereocenters. The van der Waals surface area contributed by atoms with E-state index in [4.69, 9.17) is 10.5 Å². The van der Waals surface area contributed by atoms with Gasteiger partial charge in [0.25, 0.3) is 5.91 Å². The molecule has 1 aromatic carbocycles. The van der Waals surface area contributed by atoms with Crippen LogP contribution in [0.3, 0.4) is 0 Å². The number of benzene rings is 1. The lowest BCUT2D eigenvalue weighted by Gasteiger charge is -2.03. The Morgan fingerprint density at radius 3 is 2.62 bits per heavy atom. The molecule has 1 aromatic heterocycles. The van der Waals surface area contributed by atoms with E-state index < -0.39 is 17.5 Å². The van der Waals surface area contributed by atoms with Gasteiger partial charge in [0.15, 0.2) is 11.6 Å². The first-order valence-electron chi connectivity index (χ1n) is 4.39. The first kappa shape index (κ1) is 10.4. The van der Waals surface area contributed by atoms with E-state index in [9.17, 15) is 13.6 Å². The average Bonchev–Trinajstić information content (AvgIpc) is 2.63. The van der Waals surface area contributed by atoms with E-state index in [0.717, 1.165) is 0 Å². The molecule has 4 nitrogen and oxygen atoms in total. The fourth-order valence-corrected chi connectivity index (χ4v) is 1.54. The van der Waals surface area contributed by atoms with Crippen molar-refractivity contribution in [3.8, 4) is 5.75 Å². The largest absolute Gasteiger partial charge is 0.493 e. The lowest BCUT2D eigenvalue weighted by atomic mass is 10.2. The van der Waals surface area contributed by atoms with Crippen LogP contribution >= 0.6 is 0 Å². The maximum Gasteiger partial charge on any atom is 0.265 e. The minimum atomic E-state index is -0.831. The molecule has 1 heterocycles. The molecule has 0 aliphatic heterocycles. The van der Waals surface area contributed by atoms with Crippen molar-refractivity contribution in [2.24, 2.45) is 5.73 Å². The predicted molar refractivity (Wildman–Crippen MR) is 53.3 cm³/mol. The SMILES string of the molecule is COc1c(F)cc(F)c2[nH]c(C(N)=O)cc12. The third-order valence-electron chi connectivity index (χ3n) is 2.24. The maximum atomic E-state index is 13.4. The Morgan fingerprint density at radius 2 is 2.06 bits per heavy atom. The number of aromatic amines is 1. The number of hydrogen-bond donors (Lipinski definition) is 2. The second-order valence-corrected chi connectivity index (χ2v) is 3.21. The molecule has 0 aliphatic carbocycles. The number of fused-ring (bicyclic) bond motifs is 1. The number of primary amides is 1. The van der Waals surface area contributed by atoms with Gasteiger partial charge in [-0.3, -0.25) is 4.79 Å². The van der Waals surface area contributed by atoms with Crippen molar-refractivity contribution in [2.75, 3.05) is 7.11 Å². The topological polar surface area (TPSA) is 68.1 Å². The third-order valence-corrected chi connectivity index (χ3v) is 2.24. The van der Waals surface area contributed by atoms with Crippen molar-refractivity contribution in [2.45, 2.75) is 0 Å². The summed E-state index contributed by atoms with van der Waals surface area (Å²) in [4.78, 5) is 13.4. The predicted octanol–water partition coefficient (Wildman–Crippen LogP) is 1.55. The van der Waals surface area contributed by atoms with Gasteiger partial charge in [-0.25, -0.2) is 8.78 Å². The molecule has 0 radical (unpaired) electrons. The summed E-state index contributed by atoms with van der Waals surface area (Å²) in [7, 11) is 1.26. The molecule has 0 fully saturated rings. The van der Waals surface area contributed by atoms with Crippen LogP contribution in [0.25, 0.3) is 10.9 Å². The summed E-state index contributed by atoms with van der Waals surface area (Å²) >= 11 is 0. The molecule has 0 aliphatic rings. The number of aromatic nitrogens is 1. The number of halogens is 2. The van der Waals surface area contributed by atoms with Gasteiger partial charge in [0.1, 0.15) is 11.5 Å². The molecule has 1 amide bonds. The van der Waals surface area contributed by atoms with Crippen LogP contribution in [0.4, 0.5) is 8.78 Å². The highest BCUT2D eigenvalue weighted by atomic mass is 19.1. The van der Waals surface area contributed by atoms with Gasteiger partial charge in [0, 0.05) is 11.5 Å². The molecule has 0 saturated heterocycles. The van der Waals surface area contributed by atoms with Crippen molar-refractivity contribution in [1.29, 1.82) is 0 Å². The molecule has 2 rings (SSSR count). The summed E-state index contributed by atoms with van der Waals surface area (Å²) in [6.45, 7) is 0. The number of carbonyl (C=O) groups excluding carboxylic acids is 1. The summed E-state index contributed by atoms with van der Waals surface area (Å²) in [6, 6.07) is 1.94. The Morgan fingerprint density at radius 1 is 1.38 bits per heavy atom. The number of H-pyrrole nitrogens is 1. The number of nitrogens with two attached hydrogens (primary N) is 1. The summed E-state index contributed by atoms with van der Waals surface area (Å²) in [6.07, 6.45) is 0. The highest BCUT2D eigenvalue weighted by Gasteiger charge is 2.17. The molecule has 0 bridgehead atoms. The van der Waals surface area contributed by atoms with Crippen LogP contribution in [-0.2, 0) is 0 Å². The minimum absolute atomic E-state index is 0.00204. The van der Waals surface area contributed by atoms with Crippen molar-refractivity contribution in [3.63, 3.8) is 0 Å². The first-order valence-corrected chi connectivity index (χ1v) is 4.39. The van der Waals surface area contributed by atoms with E-state index in [1.807, 2.05) is 0 Å². The van der Waals surface area contributed by atoms with Gasteiger partial charge in [-0.15, -0.1) is 0 Å². The Bertz CT molecular complexity index is 578. The Balaban J connectivity index is 2.83. The van der Waals surface area contributed by atoms with Crippen LogP contribution < -0.4 is 10.5 Å².